The maximum Gasteiger partial charge on any atom is 0.240 e. The number of carbonyl (C=O) groups is 1. The first-order valence-corrected chi connectivity index (χ1v) is 11.7. The topological polar surface area (TPSA) is 133 Å². The Morgan fingerprint density at radius 2 is 1.91 bits per heavy atom. The van der Waals surface area contributed by atoms with Gasteiger partial charge in [-0.3, -0.25) is 4.79 Å². The minimum atomic E-state index is -4.10. The van der Waals surface area contributed by atoms with E-state index in [2.05, 4.69) is 20.4 Å². The van der Waals surface area contributed by atoms with Gasteiger partial charge in [-0.1, -0.05) is 31.2 Å². The second-order valence-corrected chi connectivity index (χ2v) is 8.87. The Morgan fingerprint density at radius 1 is 1.12 bits per heavy atom. The van der Waals surface area contributed by atoms with Gasteiger partial charge in [-0.15, -0.1) is 0 Å². The van der Waals surface area contributed by atoms with Gasteiger partial charge in [-0.25, -0.2) is 28.2 Å². The Balaban J connectivity index is 1.61. The van der Waals surface area contributed by atoms with Crippen LogP contribution in [0.15, 0.2) is 78.3 Å². The third-order valence-electron chi connectivity index (χ3n) is 5.11. The van der Waals surface area contributed by atoms with Gasteiger partial charge >= 0.3 is 0 Å². The molecule has 0 atom stereocenters. The summed E-state index contributed by atoms with van der Waals surface area (Å²) in [5, 5.41) is 12.5. The van der Waals surface area contributed by atoms with Gasteiger partial charge < -0.3 is 5.32 Å². The van der Waals surface area contributed by atoms with Crippen molar-refractivity contribution >= 4 is 21.6 Å². The number of primary sulfonamides is 1. The molecule has 0 aliphatic rings. The molecule has 0 saturated carbocycles. The number of benzene rings is 2. The lowest BCUT2D eigenvalue weighted by atomic mass is 10.0. The number of nitrogens with one attached hydrogen (secondary N) is 1. The van der Waals surface area contributed by atoms with Crippen LogP contribution in [0.5, 0.6) is 0 Å². The number of hydrogen-bond acceptors (Lipinski definition) is 6. The molecule has 0 aliphatic heterocycles. The standard InChI is InChI=1S/C23H22N6O3S/c1-2-16-5-3-4-6-17(16)11-23(30)28-19-7-8-21(22(12-19)33(24,31)32)29-14-18(13-27-29)20-9-10-25-15-26-20/h3-10,12-15H,2,11H2,1H3,(H,28,30)(H2,24,31,32). The van der Waals surface area contributed by atoms with Crippen molar-refractivity contribution in [1.82, 2.24) is 19.7 Å². The molecule has 4 rings (SSSR count). The molecule has 2 heterocycles. The summed E-state index contributed by atoms with van der Waals surface area (Å²) in [4.78, 5) is 20.5. The lowest BCUT2D eigenvalue weighted by Crippen LogP contribution is -2.18. The smallest absolute Gasteiger partial charge is 0.240 e. The molecule has 0 aliphatic carbocycles. The van der Waals surface area contributed by atoms with Crippen LogP contribution in [0.1, 0.15) is 18.1 Å². The molecule has 1 amide bonds. The van der Waals surface area contributed by atoms with Crippen LogP contribution in [0.4, 0.5) is 5.69 Å². The number of anilines is 1. The van der Waals surface area contributed by atoms with Crippen molar-refractivity contribution in [3.63, 3.8) is 0 Å². The van der Waals surface area contributed by atoms with Gasteiger partial charge in [-0.2, -0.15) is 5.10 Å². The number of hydrogen-bond donors (Lipinski definition) is 2. The Morgan fingerprint density at radius 3 is 2.61 bits per heavy atom. The molecule has 4 aromatic rings. The Hall–Kier alpha value is -3.89. The Labute approximate surface area is 191 Å². The fraction of sp³-hybridized carbons (Fsp3) is 0.130. The summed E-state index contributed by atoms with van der Waals surface area (Å²) in [7, 11) is -4.10. The van der Waals surface area contributed by atoms with Crippen LogP contribution in [-0.2, 0) is 27.7 Å². The van der Waals surface area contributed by atoms with Crippen LogP contribution in [-0.4, -0.2) is 34.1 Å². The molecule has 2 aromatic carbocycles. The molecule has 0 fully saturated rings. The summed E-state index contributed by atoms with van der Waals surface area (Å²) in [6.07, 6.45) is 7.22. The van der Waals surface area contributed by atoms with Crippen molar-refractivity contribution in [1.29, 1.82) is 0 Å². The maximum atomic E-state index is 12.6. The fourth-order valence-electron chi connectivity index (χ4n) is 3.51. The molecule has 33 heavy (non-hydrogen) atoms. The minimum Gasteiger partial charge on any atom is -0.326 e. The zero-order chi connectivity index (χ0) is 23.4. The summed E-state index contributed by atoms with van der Waals surface area (Å²) in [5.41, 5.74) is 3.92. The van der Waals surface area contributed by atoms with Crippen molar-refractivity contribution in [2.24, 2.45) is 5.14 Å². The first kappa shape index (κ1) is 22.3. The number of aryl methyl sites for hydroxylation is 1. The van der Waals surface area contributed by atoms with Crippen molar-refractivity contribution in [2.75, 3.05) is 5.32 Å². The van der Waals surface area contributed by atoms with Gasteiger partial charge in [0.05, 0.1) is 24.0 Å². The Bertz CT molecular complexity index is 1400. The Kier molecular flexibility index (Phi) is 6.29. The summed E-state index contributed by atoms with van der Waals surface area (Å²) in [5.74, 6) is -0.255. The largest absolute Gasteiger partial charge is 0.326 e. The quantitative estimate of drug-likeness (QED) is 0.434. The third-order valence-corrected chi connectivity index (χ3v) is 6.05. The molecule has 10 heteroatoms. The summed E-state index contributed by atoms with van der Waals surface area (Å²) < 4.78 is 26.0. The number of amides is 1. The molecule has 0 bridgehead atoms. The molecule has 2 aromatic heterocycles. The first-order chi connectivity index (χ1) is 15.8. The van der Waals surface area contributed by atoms with E-state index in [-0.39, 0.29) is 22.9 Å². The predicted octanol–water partition coefficient (Wildman–Crippen LogP) is 2.72. The molecular weight excluding hydrogens is 440 g/mol. The second kappa shape index (κ2) is 9.31. The van der Waals surface area contributed by atoms with E-state index in [1.54, 1.807) is 36.8 Å². The predicted molar refractivity (Wildman–Crippen MR) is 124 cm³/mol. The highest BCUT2D eigenvalue weighted by Gasteiger charge is 2.18. The van der Waals surface area contributed by atoms with Crippen LogP contribution < -0.4 is 10.5 Å². The van der Waals surface area contributed by atoms with Gasteiger partial charge in [0, 0.05) is 23.6 Å². The van der Waals surface area contributed by atoms with E-state index in [9.17, 15) is 13.2 Å². The molecule has 3 N–H and O–H groups in total. The highest BCUT2D eigenvalue weighted by molar-refractivity contribution is 7.89. The molecule has 168 valence electrons. The number of nitrogens with two attached hydrogens (primary N) is 1. The zero-order valence-electron chi connectivity index (χ0n) is 17.8. The van der Waals surface area contributed by atoms with Crippen molar-refractivity contribution in [3.8, 4) is 16.9 Å². The van der Waals surface area contributed by atoms with Gasteiger partial charge in [0.25, 0.3) is 0 Å². The van der Waals surface area contributed by atoms with Gasteiger partial charge in [-0.05, 0) is 41.8 Å². The lowest BCUT2D eigenvalue weighted by Gasteiger charge is -2.12. The van der Waals surface area contributed by atoms with Crippen LogP contribution in [0.2, 0.25) is 0 Å². The third kappa shape index (κ3) is 5.13. The van der Waals surface area contributed by atoms with E-state index in [1.807, 2.05) is 31.2 Å². The van der Waals surface area contributed by atoms with Crippen LogP contribution in [0, 0.1) is 0 Å². The zero-order valence-corrected chi connectivity index (χ0v) is 18.7. The number of aromatic nitrogens is 4. The highest BCUT2D eigenvalue weighted by atomic mass is 32.2. The van der Waals surface area contributed by atoms with Gasteiger partial charge in [0.2, 0.25) is 15.9 Å². The normalized spacial score (nSPS) is 11.3. The average molecular weight is 463 g/mol. The molecule has 0 spiro atoms. The highest BCUT2D eigenvalue weighted by Crippen LogP contribution is 2.25. The van der Waals surface area contributed by atoms with Crippen LogP contribution in [0.25, 0.3) is 16.9 Å². The molecular formula is C23H22N6O3S. The number of rotatable bonds is 7. The van der Waals surface area contributed by atoms with Gasteiger partial charge in [0.15, 0.2) is 0 Å². The summed E-state index contributed by atoms with van der Waals surface area (Å²) in [6, 6.07) is 13.9. The SMILES string of the molecule is CCc1ccccc1CC(=O)Nc1ccc(-n2cc(-c3ccncn3)cn2)c(S(N)(=O)=O)c1. The van der Waals surface area contributed by atoms with E-state index in [1.165, 1.54) is 17.1 Å². The van der Waals surface area contributed by atoms with Crippen molar-refractivity contribution < 1.29 is 13.2 Å². The van der Waals surface area contributed by atoms with Crippen LogP contribution in [0.3, 0.4) is 0 Å². The molecule has 9 nitrogen and oxygen atoms in total. The van der Waals surface area contributed by atoms with Crippen molar-refractivity contribution in [2.45, 2.75) is 24.7 Å². The molecule has 0 saturated heterocycles. The van der Waals surface area contributed by atoms with E-state index in [0.717, 1.165) is 17.5 Å². The van der Waals surface area contributed by atoms with E-state index in [0.29, 0.717) is 16.9 Å². The monoisotopic (exact) mass is 462 g/mol. The average Bonchev–Trinajstić information content (AvgIpc) is 3.29. The lowest BCUT2D eigenvalue weighted by molar-refractivity contribution is -0.115. The summed E-state index contributed by atoms with van der Waals surface area (Å²) in [6.45, 7) is 2.03. The van der Waals surface area contributed by atoms with E-state index >= 15 is 0 Å². The second-order valence-electron chi connectivity index (χ2n) is 7.34. The van der Waals surface area contributed by atoms with Gasteiger partial charge in [0.1, 0.15) is 11.2 Å². The number of sulfonamides is 1. The maximum absolute atomic E-state index is 12.6. The minimum absolute atomic E-state index is 0.161. The molecule has 0 radical (unpaired) electrons. The summed E-state index contributed by atoms with van der Waals surface area (Å²) >= 11 is 0. The van der Waals surface area contributed by atoms with Crippen LogP contribution >= 0.6 is 0 Å². The molecule has 0 unspecified atom stereocenters. The van der Waals surface area contributed by atoms with Crippen molar-refractivity contribution in [3.05, 3.63) is 84.6 Å². The fourth-order valence-corrected chi connectivity index (χ4v) is 4.25. The first-order valence-electron chi connectivity index (χ1n) is 10.2. The van der Waals surface area contributed by atoms with E-state index < -0.39 is 10.0 Å². The number of nitrogens with zero attached hydrogens (tertiary/aromatic N) is 4. The number of carbonyl (C=O) groups excluding carboxylic acids is 1. The van der Waals surface area contributed by atoms with E-state index in [4.69, 9.17) is 5.14 Å².